The number of allylic oxidation sites excluding steroid dienone is 1. The van der Waals surface area contributed by atoms with E-state index in [-0.39, 0.29) is 11.5 Å². The van der Waals surface area contributed by atoms with E-state index in [0.29, 0.717) is 17.5 Å². The molecule has 0 fully saturated rings. The molecule has 0 aliphatic carbocycles. The number of aromatic nitrogens is 3. The molecular formula is C16H17F2N3O3S. The number of hydrogen-bond donors (Lipinski definition) is 0. The Kier molecular flexibility index (Phi) is 6.51. The molecule has 0 saturated carbocycles. The molecule has 0 N–H and O–H groups in total. The van der Waals surface area contributed by atoms with Crippen molar-refractivity contribution in [2.75, 3.05) is 12.9 Å². The van der Waals surface area contributed by atoms with Gasteiger partial charge in [0.1, 0.15) is 5.82 Å². The maximum absolute atomic E-state index is 13.7. The van der Waals surface area contributed by atoms with E-state index in [2.05, 4.69) is 21.5 Å². The predicted molar refractivity (Wildman–Crippen MR) is 88.4 cm³/mol. The summed E-state index contributed by atoms with van der Waals surface area (Å²) in [5, 5.41) is 8.56. The molecule has 0 bridgehead atoms. The highest BCUT2D eigenvalue weighted by Gasteiger charge is 2.21. The highest BCUT2D eigenvalue weighted by Crippen LogP contribution is 2.26. The highest BCUT2D eigenvalue weighted by atomic mass is 32.2. The number of ether oxygens (including phenoxy) is 2. The number of rotatable bonds is 8. The number of benzene rings is 1. The predicted octanol–water partition coefficient (Wildman–Crippen LogP) is 3.15. The summed E-state index contributed by atoms with van der Waals surface area (Å²) in [7, 11) is 1.30. The van der Waals surface area contributed by atoms with Crippen LogP contribution in [0, 0.1) is 11.6 Å². The number of methoxy groups -OCH3 is 1. The molecule has 0 spiro atoms. The number of nitrogens with zero attached hydrogens (tertiary/aromatic N) is 3. The Labute approximate surface area is 147 Å². The number of carbonyl (C=O) groups excluding carboxylic acids is 1. The van der Waals surface area contributed by atoms with E-state index in [4.69, 9.17) is 4.74 Å². The minimum Gasteiger partial charge on any atom is -0.480 e. The van der Waals surface area contributed by atoms with Crippen molar-refractivity contribution in [2.45, 2.75) is 24.7 Å². The van der Waals surface area contributed by atoms with Crippen LogP contribution in [0.1, 0.15) is 18.9 Å². The highest BCUT2D eigenvalue weighted by molar-refractivity contribution is 7.99. The lowest BCUT2D eigenvalue weighted by Crippen LogP contribution is -2.13. The zero-order valence-electron chi connectivity index (χ0n) is 13.7. The maximum atomic E-state index is 13.7. The van der Waals surface area contributed by atoms with Crippen molar-refractivity contribution in [3.05, 3.63) is 48.3 Å². The third-order valence-electron chi connectivity index (χ3n) is 3.17. The first kappa shape index (κ1) is 18.9. The Bertz CT molecular complexity index is 767. The van der Waals surface area contributed by atoms with Crippen LogP contribution >= 0.6 is 11.8 Å². The van der Waals surface area contributed by atoms with Gasteiger partial charge in [-0.3, -0.25) is 9.36 Å². The first-order valence-corrected chi connectivity index (χ1v) is 8.30. The van der Waals surface area contributed by atoms with Crippen LogP contribution in [-0.4, -0.2) is 33.6 Å². The summed E-state index contributed by atoms with van der Waals surface area (Å²) < 4.78 is 38.6. The first-order valence-electron chi connectivity index (χ1n) is 7.31. The fourth-order valence-corrected chi connectivity index (χ4v) is 2.79. The molecule has 1 aromatic heterocycles. The molecule has 25 heavy (non-hydrogen) atoms. The molecule has 2 rings (SSSR count). The molecule has 2 aromatic rings. The molecular weight excluding hydrogens is 352 g/mol. The number of thioether (sulfide) groups is 1. The number of carbonyl (C=O) groups is 1. The van der Waals surface area contributed by atoms with E-state index < -0.39 is 23.7 Å². The zero-order chi connectivity index (χ0) is 18.4. The Hall–Kier alpha value is -2.42. The quantitative estimate of drug-likeness (QED) is 0.405. The van der Waals surface area contributed by atoms with Crippen LogP contribution in [0.4, 0.5) is 8.78 Å². The summed E-state index contributed by atoms with van der Waals surface area (Å²) in [4.78, 5) is 11.3. The average Bonchev–Trinajstić information content (AvgIpc) is 2.98. The molecule has 0 radical (unpaired) electrons. The summed E-state index contributed by atoms with van der Waals surface area (Å²) >= 11 is 1.16. The standard InChI is InChI=1S/C16H17F2N3O3S/c1-4-7-21-15(19-20-16(21)25-9-14(22)23-3)10(2)24-13-6-5-11(17)8-12(13)18/h4-6,8,10H,1,7,9H2,2-3H3. The summed E-state index contributed by atoms with van der Waals surface area (Å²) in [6.07, 6.45) is 0.986. The van der Waals surface area contributed by atoms with Crippen LogP contribution in [0.5, 0.6) is 5.75 Å². The van der Waals surface area contributed by atoms with Crippen molar-refractivity contribution in [3.63, 3.8) is 0 Å². The molecule has 9 heteroatoms. The molecule has 0 saturated heterocycles. The molecule has 134 valence electrons. The van der Waals surface area contributed by atoms with Gasteiger partial charge in [-0.1, -0.05) is 17.8 Å². The Balaban J connectivity index is 2.20. The lowest BCUT2D eigenvalue weighted by Gasteiger charge is -2.16. The fraction of sp³-hybridized carbons (Fsp3) is 0.312. The second-order valence-corrected chi connectivity index (χ2v) is 5.88. The largest absolute Gasteiger partial charge is 0.480 e. The summed E-state index contributed by atoms with van der Waals surface area (Å²) in [6.45, 7) is 5.72. The van der Waals surface area contributed by atoms with E-state index in [9.17, 15) is 13.6 Å². The van der Waals surface area contributed by atoms with Crippen molar-refractivity contribution in [1.29, 1.82) is 0 Å². The number of hydrogen-bond acceptors (Lipinski definition) is 6. The lowest BCUT2D eigenvalue weighted by atomic mass is 10.3. The SMILES string of the molecule is C=CCn1c(SCC(=O)OC)nnc1C(C)Oc1ccc(F)cc1F. The second-order valence-electron chi connectivity index (χ2n) is 4.94. The van der Waals surface area contributed by atoms with Gasteiger partial charge in [0.05, 0.1) is 12.9 Å². The Morgan fingerprint density at radius 1 is 1.44 bits per heavy atom. The Morgan fingerprint density at radius 2 is 2.20 bits per heavy atom. The molecule has 1 heterocycles. The van der Waals surface area contributed by atoms with E-state index in [1.165, 1.54) is 13.2 Å². The topological polar surface area (TPSA) is 66.2 Å². The van der Waals surface area contributed by atoms with Crippen LogP contribution < -0.4 is 4.74 Å². The monoisotopic (exact) mass is 369 g/mol. The van der Waals surface area contributed by atoms with Gasteiger partial charge in [0.25, 0.3) is 0 Å². The van der Waals surface area contributed by atoms with Crippen molar-refractivity contribution < 1.29 is 23.0 Å². The average molecular weight is 369 g/mol. The van der Waals surface area contributed by atoms with Crippen molar-refractivity contribution in [2.24, 2.45) is 0 Å². The summed E-state index contributed by atoms with van der Waals surface area (Å²) in [5.41, 5.74) is 0. The third-order valence-corrected chi connectivity index (χ3v) is 4.11. The van der Waals surface area contributed by atoms with Crippen molar-refractivity contribution in [1.82, 2.24) is 14.8 Å². The zero-order valence-corrected chi connectivity index (χ0v) is 14.6. The molecule has 0 aliphatic heterocycles. The van der Waals surface area contributed by atoms with E-state index in [1.807, 2.05) is 0 Å². The molecule has 1 unspecified atom stereocenters. The molecule has 6 nitrogen and oxygen atoms in total. The number of esters is 1. The first-order chi connectivity index (χ1) is 12.0. The van der Waals surface area contributed by atoms with Crippen LogP contribution in [0.3, 0.4) is 0 Å². The molecule has 0 aliphatic rings. The van der Waals surface area contributed by atoms with Gasteiger partial charge in [0.2, 0.25) is 0 Å². The van der Waals surface area contributed by atoms with Crippen molar-refractivity contribution >= 4 is 17.7 Å². The maximum Gasteiger partial charge on any atom is 0.316 e. The van der Waals surface area contributed by atoms with E-state index >= 15 is 0 Å². The molecule has 1 atom stereocenters. The van der Waals surface area contributed by atoms with Gasteiger partial charge in [-0.25, -0.2) is 8.78 Å². The van der Waals surface area contributed by atoms with E-state index in [1.54, 1.807) is 17.6 Å². The minimum atomic E-state index is -0.804. The van der Waals surface area contributed by atoms with Gasteiger partial charge < -0.3 is 9.47 Å². The minimum absolute atomic E-state index is 0.0770. The van der Waals surface area contributed by atoms with Crippen LogP contribution in [-0.2, 0) is 16.1 Å². The van der Waals surface area contributed by atoms with Crippen LogP contribution in [0.15, 0.2) is 36.0 Å². The van der Waals surface area contributed by atoms with Gasteiger partial charge in [-0.2, -0.15) is 0 Å². The lowest BCUT2D eigenvalue weighted by molar-refractivity contribution is -0.137. The van der Waals surface area contributed by atoms with Gasteiger partial charge in [-0.05, 0) is 19.1 Å². The molecule has 1 aromatic carbocycles. The van der Waals surface area contributed by atoms with Crippen LogP contribution in [0.25, 0.3) is 0 Å². The summed E-state index contributed by atoms with van der Waals surface area (Å²) in [6, 6.07) is 3.06. The second kappa shape index (κ2) is 8.61. The number of halogens is 2. The summed E-state index contributed by atoms with van der Waals surface area (Å²) in [5.74, 6) is -1.47. The van der Waals surface area contributed by atoms with Gasteiger partial charge >= 0.3 is 5.97 Å². The normalized spacial score (nSPS) is 11.8. The van der Waals surface area contributed by atoms with Gasteiger partial charge in [0, 0.05) is 12.6 Å². The third kappa shape index (κ3) is 4.79. The van der Waals surface area contributed by atoms with Crippen LogP contribution in [0.2, 0.25) is 0 Å². The van der Waals surface area contributed by atoms with Gasteiger partial charge in [0.15, 0.2) is 28.7 Å². The van der Waals surface area contributed by atoms with Crippen molar-refractivity contribution in [3.8, 4) is 5.75 Å². The van der Waals surface area contributed by atoms with Gasteiger partial charge in [-0.15, -0.1) is 16.8 Å². The molecule has 0 amide bonds. The smallest absolute Gasteiger partial charge is 0.316 e. The Morgan fingerprint density at radius 3 is 2.84 bits per heavy atom. The fourth-order valence-electron chi connectivity index (χ4n) is 2.00. The van der Waals surface area contributed by atoms with E-state index in [0.717, 1.165) is 23.9 Å².